The minimum Gasteiger partial charge on any atom is -0.158 e. The summed E-state index contributed by atoms with van der Waals surface area (Å²) in [6, 6.07) is 15.8. The van der Waals surface area contributed by atoms with Gasteiger partial charge < -0.3 is 0 Å². The Labute approximate surface area is 159 Å². The molecule has 2 aromatic carbocycles. The average Bonchev–Trinajstić information content (AvgIpc) is 2.92. The maximum Gasteiger partial charge on any atom is 0.0477 e. The molecule has 0 bridgehead atoms. The SMILES string of the molecule is CCC1=Cc2c(-c3ccc(C(C)(C)C)cc3)cccc2C1S(C)(C)Cl. The highest BCUT2D eigenvalue weighted by atomic mass is 35.7. The molecular weight excluding hydrogens is 344 g/mol. The van der Waals surface area contributed by atoms with E-state index in [9.17, 15) is 0 Å². The first-order valence-corrected chi connectivity index (χ1v) is 12.3. The van der Waals surface area contributed by atoms with Crippen LogP contribution in [-0.2, 0) is 5.41 Å². The molecular formula is C23H29ClS. The number of rotatable bonds is 3. The van der Waals surface area contributed by atoms with Crippen LogP contribution in [0.3, 0.4) is 0 Å². The van der Waals surface area contributed by atoms with Crippen molar-refractivity contribution in [3.63, 3.8) is 0 Å². The van der Waals surface area contributed by atoms with E-state index >= 15 is 0 Å². The first-order chi connectivity index (χ1) is 11.6. The van der Waals surface area contributed by atoms with Gasteiger partial charge in [-0.3, -0.25) is 0 Å². The van der Waals surface area contributed by atoms with E-state index in [0.29, 0.717) is 5.25 Å². The minimum atomic E-state index is -1.20. The molecule has 0 heterocycles. The third kappa shape index (κ3) is 3.55. The van der Waals surface area contributed by atoms with Gasteiger partial charge in [0.2, 0.25) is 0 Å². The van der Waals surface area contributed by atoms with E-state index in [4.69, 9.17) is 10.7 Å². The van der Waals surface area contributed by atoms with E-state index < -0.39 is 9.24 Å². The molecule has 0 aromatic heterocycles. The fraction of sp³-hybridized carbons (Fsp3) is 0.391. The number of hydrogen-bond acceptors (Lipinski definition) is 0. The second-order valence-corrected chi connectivity index (χ2v) is 13.8. The van der Waals surface area contributed by atoms with Crippen molar-refractivity contribution in [3.05, 3.63) is 64.7 Å². The first kappa shape index (κ1) is 18.6. The van der Waals surface area contributed by atoms with Crippen LogP contribution in [-0.4, -0.2) is 12.5 Å². The zero-order valence-electron chi connectivity index (χ0n) is 16.2. The summed E-state index contributed by atoms with van der Waals surface area (Å²) < 4.78 is 0. The number of fused-ring (bicyclic) bond motifs is 1. The minimum absolute atomic E-state index is 0.184. The van der Waals surface area contributed by atoms with Crippen LogP contribution in [0.5, 0.6) is 0 Å². The van der Waals surface area contributed by atoms with Gasteiger partial charge in [-0.25, -0.2) is 0 Å². The van der Waals surface area contributed by atoms with Crippen molar-refractivity contribution in [2.45, 2.75) is 44.8 Å². The van der Waals surface area contributed by atoms with Gasteiger partial charge in [-0.2, -0.15) is 9.24 Å². The molecule has 0 N–H and O–H groups in total. The van der Waals surface area contributed by atoms with E-state index in [1.807, 2.05) is 0 Å². The molecule has 0 nitrogen and oxygen atoms in total. The maximum atomic E-state index is 6.85. The van der Waals surface area contributed by atoms with Gasteiger partial charge in [0.25, 0.3) is 0 Å². The average molecular weight is 373 g/mol. The largest absolute Gasteiger partial charge is 0.158 e. The highest BCUT2D eigenvalue weighted by molar-refractivity contribution is 8.50. The van der Waals surface area contributed by atoms with Crippen molar-refractivity contribution in [1.29, 1.82) is 0 Å². The zero-order chi connectivity index (χ0) is 18.4. The topological polar surface area (TPSA) is 0 Å². The van der Waals surface area contributed by atoms with Crippen molar-refractivity contribution in [2.24, 2.45) is 0 Å². The highest BCUT2D eigenvalue weighted by Gasteiger charge is 2.33. The van der Waals surface area contributed by atoms with Crippen LogP contribution in [0.1, 0.15) is 56.1 Å². The van der Waals surface area contributed by atoms with Gasteiger partial charge in [-0.1, -0.05) is 92.5 Å². The molecule has 0 saturated carbocycles. The summed E-state index contributed by atoms with van der Waals surface area (Å²) in [6.07, 6.45) is 7.88. The number of halogens is 1. The Kier molecular flexibility index (Phi) is 4.85. The van der Waals surface area contributed by atoms with Crippen LogP contribution < -0.4 is 0 Å². The van der Waals surface area contributed by atoms with Gasteiger partial charge in [-0.15, -0.1) is 0 Å². The van der Waals surface area contributed by atoms with Crippen LogP contribution in [0.2, 0.25) is 0 Å². The summed E-state index contributed by atoms with van der Waals surface area (Å²) >= 11 is 0. The molecule has 0 saturated heterocycles. The van der Waals surface area contributed by atoms with Crippen molar-refractivity contribution in [2.75, 3.05) is 12.5 Å². The van der Waals surface area contributed by atoms with Crippen LogP contribution in [0.25, 0.3) is 17.2 Å². The molecule has 1 aliphatic rings. The number of hydrogen-bond donors (Lipinski definition) is 0. The smallest absolute Gasteiger partial charge is 0.0477 e. The third-order valence-electron chi connectivity index (χ3n) is 5.12. The van der Waals surface area contributed by atoms with Crippen molar-refractivity contribution < 1.29 is 0 Å². The molecule has 1 atom stereocenters. The Morgan fingerprint density at radius 1 is 1.00 bits per heavy atom. The standard InChI is InChI=1S/C23H29ClS/c1-7-16-15-21-19(9-8-10-20(21)22(16)25(5,6)24)17-11-13-18(14-12-17)23(2,3)4/h8-15,22H,7H2,1-6H3. The molecule has 1 unspecified atom stereocenters. The summed E-state index contributed by atoms with van der Waals surface area (Å²) in [5.74, 6) is 0. The second kappa shape index (κ2) is 6.52. The Balaban J connectivity index is 2.10. The Hall–Kier alpha value is -1.18. The van der Waals surface area contributed by atoms with Crippen molar-refractivity contribution >= 4 is 26.0 Å². The van der Waals surface area contributed by atoms with Gasteiger partial charge in [0, 0.05) is 5.25 Å². The van der Waals surface area contributed by atoms with Crippen LogP contribution in [0, 0.1) is 0 Å². The Morgan fingerprint density at radius 3 is 2.16 bits per heavy atom. The fourth-order valence-electron chi connectivity index (χ4n) is 3.78. The van der Waals surface area contributed by atoms with E-state index in [1.54, 1.807) is 0 Å². The Bertz CT molecular complexity index is 801. The highest BCUT2D eigenvalue weighted by Crippen LogP contribution is 2.65. The van der Waals surface area contributed by atoms with E-state index in [1.165, 1.54) is 33.4 Å². The van der Waals surface area contributed by atoms with Gasteiger partial charge in [0.1, 0.15) is 0 Å². The lowest BCUT2D eigenvalue weighted by molar-refractivity contribution is 0.590. The van der Waals surface area contributed by atoms with E-state index in [0.717, 1.165) is 6.42 Å². The van der Waals surface area contributed by atoms with Crippen LogP contribution in [0.4, 0.5) is 0 Å². The van der Waals surface area contributed by atoms with Gasteiger partial charge >= 0.3 is 0 Å². The van der Waals surface area contributed by atoms with E-state index in [2.05, 4.69) is 88.7 Å². The quantitative estimate of drug-likeness (QED) is 0.517. The summed E-state index contributed by atoms with van der Waals surface area (Å²) in [5, 5.41) is 0.378. The summed E-state index contributed by atoms with van der Waals surface area (Å²) in [5.41, 5.74) is 8.43. The second-order valence-electron chi connectivity index (χ2n) is 8.37. The van der Waals surface area contributed by atoms with Gasteiger partial charge in [0.15, 0.2) is 0 Å². The molecule has 2 aromatic rings. The molecule has 0 fully saturated rings. The lowest BCUT2D eigenvalue weighted by Crippen LogP contribution is -2.10. The van der Waals surface area contributed by atoms with Gasteiger partial charge in [0.05, 0.1) is 0 Å². The molecule has 1 aliphatic carbocycles. The predicted molar refractivity (Wildman–Crippen MR) is 117 cm³/mol. The zero-order valence-corrected chi connectivity index (χ0v) is 17.8. The lowest BCUT2D eigenvalue weighted by atomic mass is 9.86. The summed E-state index contributed by atoms with van der Waals surface area (Å²) in [6.45, 7) is 9.02. The number of benzene rings is 2. The molecule has 0 radical (unpaired) electrons. The van der Waals surface area contributed by atoms with E-state index in [-0.39, 0.29) is 5.41 Å². The van der Waals surface area contributed by atoms with Crippen LogP contribution >= 0.6 is 19.9 Å². The summed E-state index contributed by atoms with van der Waals surface area (Å²) in [7, 11) is 5.65. The third-order valence-corrected chi connectivity index (χ3v) is 7.33. The maximum absolute atomic E-state index is 6.85. The Morgan fingerprint density at radius 2 is 1.64 bits per heavy atom. The first-order valence-electron chi connectivity index (χ1n) is 8.99. The molecule has 25 heavy (non-hydrogen) atoms. The van der Waals surface area contributed by atoms with Gasteiger partial charge in [-0.05, 0) is 52.2 Å². The molecule has 0 spiro atoms. The lowest BCUT2D eigenvalue weighted by Gasteiger charge is -2.33. The molecule has 3 rings (SSSR count). The summed E-state index contributed by atoms with van der Waals surface area (Å²) in [4.78, 5) is 0. The molecule has 0 amide bonds. The normalized spacial score (nSPS) is 18.0. The molecule has 2 heteroatoms. The molecule has 134 valence electrons. The monoisotopic (exact) mass is 372 g/mol. The fourth-order valence-corrected chi connectivity index (χ4v) is 6.18. The van der Waals surface area contributed by atoms with Crippen LogP contribution in [0.15, 0.2) is 48.0 Å². The van der Waals surface area contributed by atoms with Crippen molar-refractivity contribution in [3.8, 4) is 11.1 Å². The predicted octanol–water partition coefficient (Wildman–Crippen LogP) is 7.72. The molecule has 0 aliphatic heterocycles. The van der Waals surface area contributed by atoms with Crippen molar-refractivity contribution in [1.82, 2.24) is 0 Å².